The first kappa shape index (κ1) is 19.4. The quantitative estimate of drug-likeness (QED) is 0.775. The molecule has 2 heterocycles. The molecular weight excluding hydrogens is 410 g/mol. The summed E-state index contributed by atoms with van der Waals surface area (Å²) in [5, 5.41) is 10.0. The van der Waals surface area contributed by atoms with Gasteiger partial charge in [0.15, 0.2) is 5.69 Å². The summed E-state index contributed by atoms with van der Waals surface area (Å²) in [5.41, 5.74) is 3.18. The number of aromatic amines is 1. The SMILES string of the molecule is Cc1cccc(NC(=O)N2CCN(C(=O)c3n[nH]c(C(C)C)c3Br)CC2)c1. The smallest absolute Gasteiger partial charge is 0.321 e. The number of amides is 3. The molecule has 1 aliphatic rings. The minimum absolute atomic E-state index is 0.122. The predicted molar refractivity (Wildman–Crippen MR) is 108 cm³/mol. The van der Waals surface area contributed by atoms with Gasteiger partial charge in [0.2, 0.25) is 0 Å². The van der Waals surface area contributed by atoms with Crippen molar-refractivity contribution in [3.05, 3.63) is 45.7 Å². The van der Waals surface area contributed by atoms with E-state index in [0.29, 0.717) is 31.9 Å². The van der Waals surface area contributed by atoms with Crippen molar-refractivity contribution < 1.29 is 9.59 Å². The highest BCUT2D eigenvalue weighted by atomic mass is 79.9. The van der Waals surface area contributed by atoms with E-state index in [1.165, 1.54) is 0 Å². The van der Waals surface area contributed by atoms with E-state index in [2.05, 4.69) is 31.4 Å². The van der Waals surface area contributed by atoms with Gasteiger partial charge in [-0.25, -0.2) is 4.79 Å². The molecule has 0 saturated carbocycles. The molecule has 7 nitrogen and oxygen atoms in total. The number of hydrogen-bond acceptors (Lipinski definition) is 3. The fraction of sp³-hybridized carbons (Fsp3) is 0.421. The summed E-state index contributed by atoms with van der Waals surface area (Å²) >= 11 is 3.48. The van der Waals surface area contributed by atoms with Crippen molar-refractivity contribution in [2.45, 2.75) is 26.7 Å². The van der Waals surface area contributed by atoms with E-state index in [4.69, 9.17) is 0 Å². The van der Waals surface area contributed by atoms with Crippen LogP contribution in [0.15, 0.2) is 28.7 Å². The molecule has 2 aromatic rings. The number of H-pyrrole nitrogens is 1. The maximum absolute atomic E-state index is 12.8. The number of rotatable bonds is 3. The van der Waals surface area contributed by atoms with Crippen LogP contribution in [0.5, 0.6) is 0 Å². The summed E-state index contributed by atoms with van der Waals surface area (Å²) in [6.45, 7) is 8.01. The van der Waals surface area contributed by atoms with E-state index in [-0.39, 0.29) is 17.9 Å². The number of aromatic nitrogens is 2. The number of nitrogens with zero attached hydrogens (tertiary/aromatic N) is 3. The number of hydrogen-bond donors (Lipinski definition) is 2. The van der Waals surface area contributed by atoms with Crippen molar-refractivity contribution >= 4 is 33.6 Å². The van der Waals surface area contributed by atoms with Gasteiger partial charge in [-0.2, -0.15) is 5.10 Å². The average molecular weight is 434 g/mol. The largest absolute Gasteiger partial charge is 0.334 e. The van der Waals surface area contributed by atoms with Gasteiger partial charge >= 0.3 is 6.03 Å². The number of piperazine rings is 1. The number of anilines is 1. The molecule has 1 saturated heterocycles. The van der Waals surface area contributed by atoms with Crippen molar-refractivity contribution in [3.63, 3.8) is 0 Å². The maximum Gasteiger partial charge on any atom is 0.321 e. The summed E-state index contributed by atoms with van der Waals surface area (Å²) in [7, 11) is 0. The fourth-order valence-electron chi connectivity index (χ4n) is 3.05. The summed E-state index contributed by atoms with van der Waals surface area (Å²) in [4.78, 5) is 28.7. The number of carbonyl (C=O) groups is 2. The van der Waals surface area contributed by atoms with Crippen LogP contribution in [0.25, 0.3) is 0 Å². The van der Waals surface area contributed by atoms with Crippen molar-refractivity contribution in [3.8, 4) is 0 Å². The third-order valence-electron chi connectivity index (χ3n) is 4.64. The molecular formula is C19H24BrN5O2. The zero-order valence-electron chi connectivity index (χ0n) is 15.8. The van der Waals surface area contributed by atoms with Gasteiger partial charge in [0, 0.05) is 31.9 Å². The lowest BCUT2D eigenvalue weighted by Crippen LogP contribution is -2.51. The zero-order chi connectivity index (χ0) is 19.6. The zero-order valence-corrected chi connectivity index (χ0v) is 17.3. The van der Waals surface area contributed by atoms with Crippen LogP contribution in [-0.2, 0) is 0 Å². The van der Waals surface area contributed by atoms with Crippen molar-refractivity contribution in [2.24, 2.45) is 0 Å². The molecule has 1 fully saturated rings. The minimum atomic E-state index is -0.143. The molecule has 0 spiro atoms. The molecule has 0 atom stereocenters. The van der Waals surface area contributed by atoms with Crippen LogP contribution >= 0.6 is 15.9 Å². The molecule has 0 bridgehead atoms. The predicted octanol–water partition coefficient (Wildman–Crippen LogP) is 3.59. The Balaban J connectivity index is 1.58. The first-order valence-corrected chi connectivity index (χ1v) is 9.81. The van der Waals surface area contributed by atoms with Crippen molar-refractivity contribution in [1.82, 2.24) is 20.0 Å². The Hall–Kier alpha value is -2.35. The van der Waals surface area contributed by atoms with Crippen LogP contribution in [0.1, 0.15) is 41.5 Å². The molecule has 3 amide bonds. The fourth-order valence-corrected chi connectivity index (χ4v) is 3.86. The van der Waals surface area contributed by atoms with E-state index in [1.807, 2.05) is 45.0 Å². The van der Waals surface area contributed by atoms with E-state index in [9.17, 15) is 9.59 Å². The van der Waals surface area contributed by atoms with Crippen LogP contribution in [0, 0.1) is 6.92 Å². The van der Waals surface area contributed by atoms with Gasteiger partial charge in [0.25, 0.3) is 5.91 Å². The van der Waals surface area contributed by atoms with Crippen LogP contribution in [0.2, 0.25) is 0 Å². The number of carbonyl (C=O) groups excluding carboxylic acids is 2. The van der Waals surface area contributed by atoms with E-state index in [0.717, 1.165) is 21.4 Å². The van der Waals surface area contributed by atoms with Crippen molar-refractivity contribution in [2.75, 3.05) is 31.5 Å². The molecule has 144 valence electrons. The monoisotopic (exact) mass is 433 g/mol. The lowest BCUT2D eigenvalue weighted by atomic mass is 10.1. The summed E-state index contributed by atoms with van der Waals surface area (Å²) in [6, 6.07) is 7.55. The topological polar surface area (TPSA) is 81.3 Å². The van der Waals surface area contributed by atoms with E-state index >= 15 is 0 Å². The van der Waals surface area contributed by atoms with Crippen LogP contribution in [0.3, 0.4) is 0 Å². The molecule has 0 unspecified atom stereocenters. The maximum atomic E-state index is 12.8. The van der Waals surface area contributed by atoms with Gasteiger partial charge in [-0.05, 0) is 46.5 Å². The third kappa shape index (κ3) is 4.32. The highest BCUT2D eigenvalue weighted by Crippen LogP contribution is 2.26. The second kappa shape index (κ2) is 8.12. The Kier molecular flexibility index (Phi) is 5.84. The normalized spacial score (nSPS) is 14.6. The number of nitrogens with one attached hydrogen (secondary N) is 2. The first-order valence-electron chi connectivity index (χ1n) is 9.02. The Morgan fingerprint density at radius 3 is 2.44 bits per heavy atom. The molecule has 8 heteroatoms. The van der Waals surface area contributed by atoms with E-state index in [1.54, 1.807) is 9.80 Å². The Morgan fingerprint density at radius 2 is 1.85 bits per heavy atom. The molecule has 1 aliphatic heterocycles. The molecule has 2 N–H and O–H groups in total. The second-order valence-electron chi connectivity index (χ2n) is 7.03. The molecule has 0 radical (unpaired) electrons. The van der Waals surface area contributed by atoms with Gasteiger partial charge in [-0.15, -0.1) is 0 Å². The first-order chi connectivity index (χ1) is 12.9. The van der Waals surface area contributed by atoms with Gasteiger partial charge in [0.05, 0.1) is 10.2 Å². The van der Waals surface area contributed by atoms with Gasteiger partial charge in [-0.1, -0.05) is 26.0 Å². The average Bonchev–Trinajstić information content (AvgIpc) is 3.03. The van der Waals surface area contributed by atoms with Crippen LogP contribution in [-0.4, -0.2) is 58.1 Å². The Labute approximate surface area is 167 Å². The third-order valence-corrected chi connectivity index (χ3v) is 5.44. The molecule has 27 heavy (non-hydrogen) atoms. The minimum Gasteiger partial charge on any atom is -0.334 e. The molecule has 1 aromatic heterocycles. The number of benzene rings is 1. The summed E-state index contributed by atoms with van der Waals surface area (Å²) < 4.78 is 0.724. The Morgan fingerprint density at radius 1 is 1.19 bits per heavy atom. The standard InChI is InChI=1S/C19H24BrN5O2/c1-12(2)16-15(20)17(23-22-16)18(26)24-7-9-25(10-8-24)19(27)21-14-6-4-5-13(3)11-14/h4-6,11-12H,7-10H2,1-3H3,(H,21,27)(H,22,23). The van der Waals surface area contributed by atoms with Crippen molar-refractivity contribution in [1.29, 1.82) is 0 Å². The van der Waals surface area contributed by atoms with Gasteiger partial charge in [0.1, 0.15) is 0 Å². The lowest BCUT2D eigenvalue weighted by molar-refractivity contribution is 0.0665. The molecule has 3 rings (SSSR count). The Bertz CT molecular complexity index is 840. The summed E-state index contributed by atoms with van der Waals surface area (Å²) in [6.07, 6.45) is 0. The highest BCUT2D eigenvalue weighted by molar-refractivity contribution is 9.10. The van der Waals surface area contributed by atoms with Crippen LogP contribution < -0.4 is 5.32 Å². The lowest BCUT2D eigenvalue weighted by Gasteiger charge is -2.34. The van der Waals surface area contributed by atoms with Gasteiger partial charge in [-0.3, -0.25) is 9.89 Å². The molecule has 0 aliphatic carbocycles. The summed E-state index contributed by atoms with van der Waals surface area (Å²) in [5.74, 6) is 0.124. The number of urea groups is 1. The number of halogens is 1. The second-order valence-corrected chi connectivity index (χ2v) is 7.83. The van der Waals surface area contributed by atoms with Crippen LogP contribution in [0.4, 0.5) is 10.5 Å². The highest BCUT2D eigenvalue weighted by Gasteiger charge is 2.28. The van der Waals surface area contributed by atoms with E-state index < -0.39 is 0 Å². The number of aryl methyl sites for hydroxylation is 1. The molecule has 1 aromatic carbocycles. The van der Waals surface area contributed by atoms with Gasteiger partial charge < -0.3 is 15.1 Å².